The molecule has 1 fully saturated rings. The summed E-state index contributed by atoms with van der Waals surface area (Å²) in [4.78, 5) is 30.2. The number of benzene rings is 3. The molecule has 5 rings (SSSR count). The van der Waals surface area contributed by atoms with Crippen LogP contribution in [0.15, 0.2) is 72.8 Å². The van der Waals surface area contributed by atoms with Gasteiger partial charge in [-0.15, -0.1) is 0 Å². The fourth-order valence-corrected chi connectivity index (χ4v) is 4.70. The molecule has 2 heterocycles. The molecular weight excluding hydrogens is 414 g/mol. The lowest BCUT2D eigenvalue weighted by Gasteiger charge is -2.47. The molecule has 1 atom stereocenters. The van der Waals surface area contributed by atoms with Crippen molar-refractivity contribution in [2.24, 2.45) is 0 Å². The van der Waals surface area contributed by atoms with Gasteiger partial charge in [-0.2, -0.15) is 0 Å². The van der Waals surface area contributed by atoms with Crippen LogP contribution in [0.3, 0.4) is 0 Å². The molecule has 1 unspecified atom stereocenters. The number of carbonyl (C=O) groups is 2. The number of para-hydroxylation sites is 1. The number of nitrogens with one attached hydrogen (secondary N) is 1. The topological polar surface area (TPSA) is 61.9 Å². The van der Waals surface area contributed by atoms with Gasteiger partial charge in [0.05, 0.1) is 11.3 Å². The molecule has 6 nitrogen and oxygen atoms in total. The highest BCUT2D eigenvalue weighted by Crippen LogP contribution is 2.36. The van der Waals surface area contributed by atoms with Crippen LogP contribution in [-0.4, -0.2) is 36.0 Å². The monoisotopic (exact) mass is 441 g/mol. The summed E-state index contributed by atoms with van der Waals surface area (Å²) in [5.41, 5.74) is 2.74. The van der Waals surface area contributed by atoms with Gasteiger partial charge in [-0.1, -0.05) is 18.2 Å². The van der Waals surface area contributed by atoms with Crippen LogP contribution in [0.25, 0.3) is 0 Å². The van der Waals surface area contributed by atoms with E-state index in [0.29, 0.717) is 22.6 Å². The molecule has 2 aliphatic rings. The maximum Gasteiger partial charge on any atom is 0.257 e. The van der Waals surface area contributed by atoms with Crippen molar-refractivity contribution in [2.45, 2.75) is 32.4 Å². The lowest BCUT2D eigenvalue weighted by atomic mass is 9.97. The number of anilines is 2. The Labute approximate surface area is 193 Å². The molecule has 1 saturated heterocycles. The molecule has 0 aromatic heterocycles. The number of hydrogen-bond acceptors (Lipinski definition) is 4. The smallest absolute Gasteiger partial charge is 0.257 e. The number of nitrogens with zero attached hydrogens (tertiary/aromatic N) is 2. The number of amides is 2. The van der Waals surface area contributed by atoms with Crippen LogP contribution in [-0.2, 0) is 0 Å². The van der Waals surface area contributed by atoms with E-state index in [9.17, 15) is 9.59 Å². The number of fused-ring (bicyclic) bond motifs is 2. The summed E-state index contributed by atoms with van der Waals surface area (Å²) in [6, 6.07) is 22.2. The molecule has 3 aromatic rings. The zero-order valence-electron chi connectivity index (χ0n) is 18.7. The fourth-order valence-electron chi connectivity index (χ4n) is 4.70. The molecule has 0 radical (unpaired) electrons. The van der Waals surface area contributed by atoms with Crippen LogP contribution in [0.5, 0.6) is 11.5 Å². The predicted molar refractivity (Wildman–Crippen MR) is 129 cm³/mol. The van der Waals surface area contributed by atoms with Crippen molar-refractivity contribution in [2.75, 3.05) is 23.3 Å². The molecule has 0 spiro atoms. The summed E-state index contributed by atoms with van der Waals surface area (Å²) in [6.45, 7) is 3.68. The average Bonchev–Trinajstić information content (AvgIpc) is 2.86. The highest BCUT2D eigenvalue weighted by molar-refractivity contribution is 6.08. The van der Waals surface area contributed by atoms with Gasteiger partial charge in [-0.05, 0) is 80.8 Å². The average molecular weight is 442 g/mol. The summed E-state index contributed by atoms with van der Waals surface area (Å²) in [5.74, 6) is 1.32. The zero-order chi connectivity index (χ0) is 22.8. The van der Waals surface area contributed by atoms with Crippen molar-refractivity contribution < 1.29 is 14.3 Å². The quantitative estimate of drug-likeness (QED) is 0.566. The van der Waals surface area contributed by atoms with Crippen LogP contribution in [0.4, 0.5) is 11.4 Å². The van der Waals surface area contributed by atoms with Gasteiger partial charge in [0.25, 0.3) is 11.8 Å². The number of rotatable bonds is 5. The minimum atomic E-state index is -0.205. The fraction of sp³-hybridized carbons (Fsp3) is 0.259. The van der Waals surface area contributed by atoms with Gasteiger partial charge in [0.15, 0.2) is 0 Å². The Morgan fingerprint density at radius 3 is 2.52 bits per heavy atom. The molecule has 33 heavy (non-hydrogen) atoms. The van der Waals surface area contributed by atoms with Gasteiger partial charge in [0.1, 0.15) is 17.7 Å². The predicted octanol–water partition coefficient (Wildman–Crippen LogP) is 5.52. The van der Waals surface area contributed by atoms with E-state index in [4.69, 9.17) is 4.74 Å². The van der Waals surface area contributed by atoms with Crippen molar-refractivity contribution in [3.05, 3.63) is 83.9 Å². The largest absolute Gasteiger partial charge is 0.457 e. The van der Waals surface area contributed by atoms with E-state index < -0.39 is 0 Å². The van der Waals surface area contributed by atoms with Crippen molar-refractivity contribution in [3.8, 4) is 11.5 Å². The minimum Gasteiger partial charge on any atom is -0.457 e. The van der Waals surface area contributed by atoms with E-state index in [1.54, 1.807) is 12.1 Å². The molecule has 168 valence electrons. The normalized spacial score (nSPS) is 17.2. The molecule has 2 aliphatic heterocycles. The Balaban J connectivity index is 1.33. The standard InChI is InChI=1S/C27H27N3O3/c1-2-29-24-18-19(11-16-23(24)27(32)30-17-7-6-10-25(29)30)26(31)28-20-12-14-22(15-13-20)33-21-8-4-3-5-9-21/h3-5,8-9,11-16,18,25H,2,6-7,10,17H2,1H3,(H,28,31). The Hall–Kier alpha value is -3.80. The third-order valence-corrected chi connectivity index (χ3v) is 6.32. The molecule has 0 aliphatic carbocycles. The SMILES string of the molecule is CCN1c2cc(C(=O)Nc3ccc(Oc4ccccc4)cc3)ccc2C(=O)N2CCCCC21. The molecule has 0 saturated carbocycles. The molecular formula is C27H27N3O3. The van der Waals surface area contributed by atoms with Crippen LogP contribution < -0.4 is 15.0 Å². The third kappa shape index (κ3) is 4.16. The second-order valence-corrected chi connectivity index (χ2v) is 8.39. The van der Waals surface area contributed by atoms with Crippen molar-refractivity contribution >= 4 is 23.2 Å². The van der Waals surface area contributed by atoms with Gasteiger partial charge in [-0.25, -0.2) is 0 Å². The van der Waals surface area contributed by atoms with Gasteiger partial charge < -0.3 is 19.9 Å². The minimum absolute atomic E-state index is 0.0698. The number of ether oxygens (including phenoxy) is 1. The zero-order valence-corrected chi connectivity index (χ0v) is 18.7. The lowest BCUT2D eigenvalue weighted by Crippen LogP contribution is -2.57. The summed E-state index contributed by atoms with van der Waals surface area (Å²) < 4.78 is 5.81. The summed E-state index contributed by atoms with van der Waals surface area (Å²) >= 11 is 0. The molecule has 0 bridgehead atoms. The van der Waals surface area contributed by atoms with Gasteiger partial charge >= 0.3 is 0 Å². The Morgan fingerprint density at radius 1 is 1.00 bits per heavy atom. The van der Waals surface area contributed by atoms with Gasteiger partial charge in [0.2, 0.25) is 0 Å². The highest BCUT2D eigenvalue weighted by Gasteiger charge is 2.38. The molecule has 1 N–H and O–H groups in total. The summed E-state index contributed by atoms with van der Waals surface area (Å²) in [6.07, 6.45) is 3.21. The van der Waals surface area contributed by atoms with E-state index in [2.05, 4.69) is 17.1 Å². The van der Waals surface area contributed by atoms with E-state index >= 15 is 0 Å². The Bertz CT molecular complexity index is 1160. The summed E-state index contributed by atoms with van der Waals surface area (Å²) in [5, 5.41) is 2.95. The first-order valence-corrected chi connectivity index (χ1v) is 11.5. The number of hydrogen-bond donors (Lipinski definition) is 1. The van der Waals surface area contributed by atoms with Crippen LogP contribution in [0, 0.1) is 0 Å². The van der Waals surface area contributed by atoms with Crippen molar-refractivity contribution in [1.82, 2.24) is 4.90 Å². The van der Waals surface area contributed by atoms with Crippen LogP contribution >= 0.6 is 0 Å². The second-order valence-electron chi connectivity index (χ2n) is 8.39. The van der Waals surface area contributed by atoms with E-state index in [1.165, 1.54) is 0 Å². The van der Waals surface area contributed by atoms with Gasteiger partial charge in [0, 0.05) is 24.3 Å². The maximum atomic E-state index is 13.0. The first-order valence-electron chi connectivity index (χ1n) is 11.5. The molecule has 6 heteroatoms. The third-order valence-electron chi connectivity index (χ3n) is 6.32. The van der Waals surface area contributed by atoms with Gasteiger partial charge in [-0.3, -0.25) is 9.59 Å². The molecule has 3 aromatic carbocycles. The van der Waals surface area contributed by atoms with Crippen molar-refractivity contribution in [3.63, 3.8) is 0 Å². The first kappa shape index (κ1) is 21.1. The maximum absolute atomic E-state index is 13.0. The number of piperidine rings is 1. The highest BCUT2D eigenvalue weighted by atomic mass is 16.5. The van der Waals surface area contributed by atoms with Crippen molar-refractivity contribution in [1.29, 1.82) is 0 Å². The lowest BCUT2D eigenvalue weighted by molar-refractivity contribution is 0.0582. The second kappa shape index (κ2) is 8.98. The number of carbonyl (C=O) groups excluding carboxylic acids is 2. The van der Waals surface area contributed by atoms with E-state index in [-0.39, 0.29) is 18.0 Å². The molecule has 2 amide bonds. The van der Waals surface area contributed by atoms with Crippen LogP contribution in [0.1, 0.15) is 46.9 Å². The van der Waals surface area contributed by atoms with E-state index in [1.807, 2.05) is 65.6 Å². The summed E-state index contributed by atoms with van der Waals surface area (Å²) in [7, 11) is 0. The first-order chi connectivity index (χ1) is 16.1. The Morgan fingerprint density at radius 2 is 1.76 bits per heavy atom. The Kier molecular flexibility index (Phi) is 5.73. The van der Waals surface area contributed by atoms with E-state index in [0.717, 1.165) is 43.8 Å². The van der Waals surface area contributed by atoms with Crippen LogP contribution in [0.2, 0.25) is 0 Å².